The van der Waals surface area contributed by atoms with Gasteiger partial charge in [-0.05, 0) is 31.9 Å². The molecule has 0 bridgehead atoms. The molecule has 3 nitrogen and oxygen atoms in total. The van der Waals surface area contributed by atoms with E-state index in [9.17, 15) is 5.11 Å². The molecule has 0 radical (unpaired) electrons. The summed E-state index contributed by atoms with van der Waals surface area (Å²) in [6, 6.07) is 7.52. The van der Waals surface area contributed by atoms with Crippen LogP contribution in [0, 0.1) is 11.3 Å². The lowest BCUT2D eigenvalue weighted by atomic mass is 10.0. The van der Waals surface area contributed by atoms with Crippen molar-refractivity contribution in [2.75, 3.05) is 18.5 Å². The summed E-state index contributed by atoms with van der Waals surface area (Å²) in [6.45, 7) is 6.32. The second-order valence-electron chi connectivity index (χ2n) is 4.41. The number of hydrogen-bond acceptors (Lipinski definition) is 3. The summed E-state index contributed by atoms with van der Waals surface area (Å²) in [4.78, 5) is 2.08. The minimum absolute atomic E-state index is 0.533. The Morgan fingerprint density at radius 1 is 1.56 bits per heavy atom. The van der Waals surface area contributed by atoms with Crippen LogP contribution < -0.4 is 4.90 Å². The largest absolute Gasteiger partial charge is 0.389 e. The van der Waals surface area contributed by atoms with Crippen molar-refractivity contribution in [3.8, 4) is 6.07 Å². The molecule has 1 rings (SSSR count). The maximum absolute atomic E-state index is 9.76. The standard InChI is InChI=1S/C15H20N2O/c1-4-5-6-9-17(3)15-10-13(11-16)7-8-14(15)12(2)18/h4,7-8,10,12,18H,1,5-6,9H2,2-3H3/t12-/m1/s1. The van der Waals surface area contributed by atoms with Crippen LogP contribution in [0.5, 0.6) is 0 Å². The minimum Gasteiger partial charge on any atom is -0.389 e. The third kappa shape index (κ3) is 3.61. The quantitative estimate of drug-likeness (QED) is 0.618. The molecule has 0 amide bonds. The highest BCUT2D eigenvalue weighted by Gasteiger charge is 2.12. The summed E-state index contributed by atoms with van der Waals surface area (Å²) < 4.78 is 0. The smallest absolute Gasteiger partial charge is 0.0992 e. The topological polar surface area (TPSA) is 47.3 Å². The van der Waals surface area contributed by atoms with Crippen molar-refractivity contribution in [1.82, 2.24) is 0 Å². The summed E-state index contributed by atoms with van der Waals surface area (Å²) >= 11 is 0. The maximum atomic E-state index is 9.76. The van der Waals surface area contributed by atoms with E-state index in [1.54, 1.807) is 13.0 Å². The summed E-state index contributed by atoms with van der Waals surface area (Å²) in [7, 11) is 1.98. The lowest BCUT2D eigenvalue weighted by molar-refractivity contribution is 0.199. The molecule has 0 fully saturated rings. The van der Waals surface area contributed by atoms with Crippen molar-refractivity contribution in [1.29, 1.82) is 5.26 Å². The first-order chi connectivity index (χ1) is 8.60. The van der Waals surface area contributed by atoms with Crippen LogP contribution in [0.3, 0.4) is 0 Å². The van der Waals surface area contributed by atoms with Gasteiger partial charge in [0, 0.05) is 24.8 Å². The number of hydrogen-bond donors (Lipinski definition) is 1. The minimum atomic E-state index is -0.533. The SMILES string of the molecule is C=CCCCN(C)c1cc(C#N)ccc1[C@@H](C)O. The molecule has 0 aromatic heterocycles. The number of nitrogens with zero attached hydrogens (tertiary/aromatic N) is 2. The summed E-state index contributed by atoms with van der Waals surface area (Å²) in [5.74, 6) is 0. The van der Waals surface area contributed by atoms with E-state index >= 15 is 0 Å². The van der Waals surface area contributed by atoms with E-state index < -0.39 is 6.10 Å². The summed E-state index contributed by atoms with van der Waals surface area (Å²) in [5, 5.41) is 18.7. The Labute approximate surface area is 109 Å². The van der Waals surface area contributed by atoms with E-state index in [1.165, 1.54) is 0 Å². The number of unbranched alkanes of at least 4 members (excludes halogenated alkanes) is 1. The van der Waals surface area contributed by atoms with Crippen LogP contribution in [-0.2, 0) is 0 Å². The van der Waals surface area contributed by atoms with E-state index in [-0.39, 0.29) is 0 Å². The first kappa shape index (κ1) is 14.3. The molecule has 96 valence electrons. The zero-order valence-electron chi connectivity index (χ0n) is 11.1. The number of rotatable bonds is 6. The molecule has 0 aliphatic rings. The fraction of sp³-hybridized carbons (Fsp3) is 0.400. The van der Waals surface area contributed by atoms with Gasteiger partial charge in [-0.3, -0.25) is 0 Å². The van der Waals surface area contributed by atoms with Crippen molar-refractivity contribution in [3.63, 3.8) is 0 Å². The molecule has 0 unspecified atom stereocenters. The van der Waals surface area contributed by atoms with E-state index in [1.807, 2.05) is 25.3 Å². The fourth-order valence-electron chi connectivity index (χ4n) is 1.89. The van der Waals surface area contributed by atoms with Crippen LogP contribution in [0.4, 0.5) is 5.69 Å². The van der Waals surface area contributed by atoms with Gasteiger partial charge in [-0.2, -0.15) is 5.26 Å². The lowest BCUT2D eigenvalue weighted by Gasteiger charge is -2.23. The van der Waals surface area contributed by atoms with Crippen molar-refractivity contribution >= 4 is 5.69 Å². The summed E-state index contributed by atoms with van der Waals surface area (Å²) in [5.41, 5.74) is 2.40. The number of nitriles is 1. The van der Waals surface area contributed by atoms with Gasteiger partial charge in [0.05, 0.1) is 17.7 Å². The molecular weight excluding hydrogens is 224 g/mol. The normalized spacial score (nSPS) is 11.7. The molecule has 0 heterocycles. The van der Waals surface area contributed by atoms with Crippen LogP contribution in [0.15, 0.2) is 30.9 Å². The van der Waals surface area contributed by atoms with Crippen LogP contribution in [0.25, 0.3) is 0 Å². The zero-order chi connectivity index (χ0) is 13.5. The van der Waals surface area contributed by atoms with Crippen molar-refractivity contribution in [2.24, 2.45) is 0 Å². The van der Waals surface area contributed by atoms with Gasteiger partial charge in [0.25, 0.3) is 0 Å². The number of aliphatic hydroxyl groups is 1. The molecule has 1 N–H and O–H groups in total. The second-order valence-corrected chi connectivity index (χ2v) is 4.41. The monoisotopic (exact) mass is 244 g/mol. The predicted octanol–water partition coefficient (Wildman–Crippen LogP) is 3.01. The third-order valence-electron chi connectivity index (χ3n) is 2.92. The van der Waals surface area contributed by atoms with Gasteiger partial charge >= 0.3 is 0 Å². The second kappa shape index (κ2) is 6.83. The highest BCUT2D eigenvalue weighted by atomic mass is 16.3. The van der Waals surface area contributed by atoms with Gasteiger partial charge in [0.15, 0.2) is 0 Å². The number of benzene rings is 1. The Hall–Kier alpha value is -1.79. The van der Waals surface area contributed by atoms with E-state index in [0.717, 1.165) is 30.6 Å². The average Bonchev–Trinajstić information content (AvgIpc) is 2.38. The molecule has 0 saturated carbocycles. The van der Waals surface area contributed by atoms with Gasteiger partial charge in [-0.15, -0.1) is 6.58 Å². The van der Waals surface area contributed by atoms with E-state index in [4.69, 9.17) is 5.26 Å². The van der Waals surface area contributed by atoms with Crippen LogP contribution >= 0.6 is 0 Å². The highest BCUT2D eigenvalue weighted by molar-refractivity contribution is 5.58. The molecule has 1 aromatic carbocycles. The zero-order valence-corrected chi connectivity index (χ0v) is 11.1. The van der Waals surface area contributed by atoms with Gasteiger partial charge in [-0.25, -0.2) is 0 Å². The first-order valence-electron chi connectivity index (χ1n) is 6.14. The molecule has 1 aromatic rings. The fourth-order valence-corrected chi connectivity index (χ4v) is 1.89. The third-order valence-corrected chi connectivity index (χ3v) is 2.92. The molecule has 0 saturated heterocycles. The predicted molar refractivity (Wildman–Crippen MR) is 74.5 cm³/mol. The van der Waals surface area contributed by atoms with Gasteiger partial charge < -0.3 is 10.0 Å². The Bertz CT molecular complexity index is 446. The maximum Gasteiger partial charge on any atom is 0.0992 e. The first-order valence-corrected chi connectivity index (χ1v) is 6.14. The molecular formula is C15H20N2O. The van der Waals surface area contributed by atoms with Crippen molar-refractivity contribution < 1.29 is 5.11 Å². The Morgan fingerprint density at radius 3 is 2.83 bits per heavy atom. The van der Waals surface area contributed by atoms with Crippen molar-refractivity contribution in [2.45, 2.75) is 25.9 Å². The van der Waals surface area contributed by atoms with E-state index in [0.29, 0.717) is 5.56 Å². The highest BCUT2D eigenvalue weighted by Crippen LogP contribution is 2.27. The van der Waals surface area contributed by atoms with Crippen LogP contribution in [0.1, 0.15) is 37.0 Å². The molecule has 0 aliphatic carbocycles. The van der Waals surface area contributed by atoms with Gasteiger partial charge in [0.1, 0.15) is 0 Å². The van der Waals surface area contributed by atoms with Gasteiger partial charge in [0.2, 0.25) is 0 Å². The Kier molecular flexibility index (Phi) is 5.41. The van der Waals surface area contributed by atoms with E-state index in [2.05, 4.69) is 17.5 Å². The average molecular weight is 244 g/mol. The van der Waals surface area contributed by atoms with Crippen molar-refractivity contribution in [3.05, 3.63) is 42.0 Å². The molecule has 18 heavy (non-hydrogen) atoms. The molecule has 0 aliphatic heterocycles. The van der Waals surface area contributed by atoms with Gasteiger partial charge in [-0.1, -0.05) is 12.1 Å². The number of anilines is 1. The summed E-state index contributed by atoms with van der Waals surface area (Å²) in [6.07, 6.45) is 3.34. The molecule has 0 spiro atoms. The molecule has 1 atom stereocenters. The lowest BCUT2D eigenvalue weighted by Crippen LogP contribution is -2.20. The van der Waals surface area contributed by atoms with Crippen LogP contribution in [-0.4, -0.2) is 18.7 Å². The molecule has 3 heteroatoms. The Morgan fingerprint density at radius 2 is 2.28 bits per heavy atom. The number of allylic oxidation sites excluding steroid dienone is 1. The van der Waals surface area contributed by atoms with Crippen LogP contribution in [0.2, 0.25) is 0 Å². The Balaban J connectivity index is 2.96. The number of aliphatic hydroxyl groups excluding tert-OH is 1.